The number of nitrogens with one attached hydrogen (secondary N) is 1. The minimum absolute atomic E-state index is 0.320. The standard InChI is InChI=1S/C20H24N2O3S/c1-4-22(5-2)16-12-10-15(11-13-16)20(24)25-14-19(23)21-17-8-6-7-9-18(17)26-3/h6-13H,4-5,14H2,1-3H3,(H,21,23). The third-order valence-electron chi connectivity index (χ3n) is 3.95. The fourth-order valence-corrected chi connectivity index (χ4v) is 3.10. The van der Waals surface area contributed by atoms with E-state index in [0.29, 0.717) is 11.3 Å². The number of esters is 1. The summed E-state index contributed by atoms with van der Waals surface area (Å²) in [6.45, 7) is 5.65. The molecule has 0 saturated carbocycles. The number of anilines is 2. The van der Waals surface area contributed by atoms with Gasteiger partial charge in [0.2, 0.25) is 0 Å². The predicted molar refractivity (Wildman–Crippen MR) is 107 cm³/mol. The van der Waals surface area contributed by atoms with Crippen LogP contribution < -0.4 is 10.2 Å². The van der Waals surface area contributed by atoms with E-state index in [9.17, 15) is 9.59 Å². The topological polar surface area (TPSA) is 58.6 Å². The van der Waals surface area contributed by atoms with Crippen LogP contribution in [0.3, 0.4) is 0 Å². The quantitative estimate of drug-likeness (QED) is 0.560. The van der Waals surface area contributed by atoms with Gasteiger partial charge in [-0.3, -0.25) is 4.79 Å². The first kappa shape index (κ1) is 19.8. The highest BCUT2D eigenvalue weighted by Gasteiger charge is 2.12. The Kier molecular flexibility index (Phi) is 7.53. The molecule has 1 amide bonds. The van der Waals surface area contributed by atoms with Crippen LogP contribution in [0.5, 0.6) is 0 Å². The van der Waals surface area contributed by atoms with Crippen LogP contribution in [-0.2, 0) is 9.53 Å². The molecule has 0 heterocycles. The van der Waals surface area contributed by atoms with Crippen molar-refractivity contribution in [2.45, 2.75) is 18.7 Å². The van der Waals surface area contributed by atoms with Crippen LogP contribution in [0.4, 0.5) is 11.4 Å². The summed E-state index contributed by atoms with van der Waals surface area (Å²) in [5.41, 5.74) is 2.20. The number of thioether (sulfide) groups is 1. The van der Waals surface area contributed by atoms with Gasteiger partial charge in [-0.1, -0.05) is 12.1 Å². The zero-order valence-electron chi connectivity index (χ0n) is 15.3. The number of carbonyl (C=O) groups is 2. The molecule has 0 spiro atoms. The molecule has 6 heteroatoms. The number of hydrogen-bond acceptors (Lipinski definition) is 5. The first-order chi connectivity index (χ1) is 12.6. The number of hydrogen-bond donors (Lipinski definition) is 1. The molecule has 0 radical (unpaired) electrons. The third kappa shape index (κ3) is 5.26. The van der Waals surface area contributed by atoms with E-state index in [1.54, 1.807) is 12.1 Å². The van der Waals surface area contributed by atoms with Gasteiger partial charge in [-0.25, -0.2) is 4.79 Å². The van der Waals surface area contributed by atoms with E-state index < -0.39 is 5.97 Å². The summed E-state index contributed by atoms with van der Waals surface area (Å²) < 4.78 is 5.12. The fraction of sp³-hybridized carbons (Fsp3) is 0.300. The van der Waals surface area contributed by atoms with E-state index in [1.165, 1.54) is 11.8 Å². The number of nitrogens with zero attached hydrogens (tertiary/aromatic N) is 1. The van der Waals surface area contributed by atoms with Crippen molar-refractivity contribution in [3.05, 3.63) is 54.1 Å². The molecular formula is C20H24N2O3S. The first-order valence-electron chi connectivity index (χ1n) is 8.54. The molecule has 26 heavy (non-hydrogen) atoms. The third-order valence-corrected chi connectivity index (χ3v) is 4.74. The lowest BCUT2D eigenvalue weighted by Crippen LogP contribution is -2.22. The lowest BCUT2D eigenvalue weighted by atomic mass is 10.2. The van der Waals surface area contributed by atoms with Crippen molar-refractivity contribution in [2.24, 2.45) is 0 Å². The summed E-state index contributed by atoms with van der Waals surface area (Å²) in [7, 11) is 0. The molecule has 138 valence electrons. The van der Waals surface area contributed by atoms with Crippen molar-refractivity contribution < 1.29 is 14.3 Å². The smallest absolute Gasteiger partial charge is 0.338 e. The maximum atomic E-state index is 12.1. The summed E-state index contributed by atoms with van der Waals surface area (Å²) in [5.74, 6) is -0.871. The van der Waals surface area contributed by atoms with E-state index in [1.807, 2.05) is 42.7 Å². The average molecular weight is 372 g/mol. The van der Waals surface area contributed by atoms with Crippen molar-refractivity contribution in [3.63, 3.8) is 0 Å². The van der Waals surface area contributed by atoms with Crippen molar-refractivity contribution in [1.29, 1.82) is 0 Å². The Labute approximate surface area is 158 Å². The Bertz CT molecular complexity index is 743. The monoisotopic (exact) mass is 372 g/mol. The molecule has 0 aliphatic rings. The van der Waals surface area contributed by atoms with Crippen LogP contribution in [0.1, 0.15) is 24.2 Å². The summed E-state index contributed by atoms with van der Waals surface area (Å²) in [4.78, 5) is 27.3. The second-order valence-electron chi connectivity index (χ2n) is 5.54. The maximum Gasteiger partial charge on any atom is 0.338 e. The van der Waals surface area contributed by atoms with Crippen LogP contribution in [0.2, 0.25) is 0 Å². The second-order valence-corrected chi connectivity index (χ2v) is 6.39. The minimum atomic E-state index is -0.510. The molecule has 0 aromatic heterocycles. The molecule has 0 aliphatic carbocycles. The lowest BCUT2D eigenvalue weighted by molar-refractivity contribution is -0.119. The Morgan fingerprint density at radius 3 is 2.31 bits per heavy atom. The van der Waals surface area contributed by atoms with Gasteiger partial charge in [0.15, 0.2) is 6.61 Å². The molecule has 0 fully saturated rings. The van der Waals surface area contributed by atoms with Gasteiger partial charge in [0.05, 0.1) is 11.3 Å². The van der Waals surface area contributed by atoms with Gasteiger partial charge in [-0.2, -0.15) is 0 Å². The number of rotatable bonds is 8. The largest absolute Gasteiger partial charge is 0.452 e. The Morgan fingerprint density at radius 1 is 1.04 bits per heavy atom. The number of carbonyl (C=O) groups excluding carboxylic acids is 2. The summed E-state index contributed by atoms with van der Waals surface area (Å²) in [6.07, 6.45) is 1.94. The molecule has 2 rings (SSSR count). The highest BCUT2D eigenvalue weighted by atomic mass is 32.2. The van der Waals surface area contributed by atoms with Gasteiger partial charge in [0, 0.05) is 23.7 Å². The Balaban J connectivity index is 1.90. The molecule has 0 unspecified atom stereocenters. The van der Waals surface area contributed by atoms with Crippen LogP contribution in [0.25, 0.3) is 0 Å². The van der Waals surface area contributed by atoms with E-state index in [0.717, 1.165) is 23.7 Å². The van der Waals surface area contributed by atoms with E-state index in [2.05, 4.69) is 24.1 Å². The van der Waals surface area contributed by atoms with Gasteiger partial charge >= 0.3 is 5.97 Å². The van der Waals surface area contributed by atoms with Gasteiger partial charge in [0.25, 0.3) is 5.91 Å². The van der Waals surface area contributed by atoms with E-state index in [4.69, 9.17) is 4.74 Å². The zero-order valence-corrected chi connectivity index (χ0v) is 16.1. The zero-order chi connectivity index (χ0) is 18.9. The van der Waals surface area contributed by atoms with Crippen LogP contribution in [-0.4, -0.2) is 37.8 Å². The summed E-state index contributed by atoms with van der Waals surface area (Å²) in [6, 6.07) is 14.7. The Morgan fingerprint density at radius 2 is 1.69 bits per heavy atom. The molecule has 0 atom stereocenters. The van der Waals surface area contributed by atoms with Crippen molar-refractivity contribution >= 4 is 35.0 Å². The number of amides is 1. The highest BCUT2D eigenvalue weighted by Crippen LogP contribution is 2.24. The first-order valence-corrected chi connectivity index (χ1v) is 9.76. The molecule has 2 aromatic carbocycles. The minimum Gasteiger partial charge on any atom is -0.452 e. The molecular weight excluding hydrogens is 348 g/mol. The van der Waals surface area contributed by atoms with Gasteiger partial charge in [0.1, 0.15) is 0 Å². The van der Waals surface area contributed by atoms with Crippen LogP contribution >= 0.6 is 11.8 Å². The van der Waals surface area contributed by atoms with Gasteiger partial charge < -0.3 is 15.0 Å². The SMILES string of the molecule is CCN(CC)c1ccc(C(=O)OCC(=O)Nc2ccccc2SC)cc1. The van der Waals surface area contributed by atoms with Crippen molar-refractivity contribution in [3.8, 4) is 0 Å². The number of para-hydroxylation sites is 1. The fourth-order valence-electron chi connectivity index (χ4n) is 2.55. The summed E-state index contributed by atoms with van der Waals surface area (Å²) in [5, 5.41) is 2.76. The normalized spacial score (nSPS) is 10.3. The molecule has 0 bridgehead atoms. The highest BCUT2D eigenvalue weighted by molar-refractivity contribution is 7.98. The van der Waals surface area contributed by atoms with Crippen molar-refractivity contribution in [1.82, 2.24) is 0 Å². The van der Waals surface area contributed by atoms with E-state index in [-0.39, 0.29) is 12.5 Å². The Hall–Kier alpha value is -2.47. The lowest BCUT2D eigenvalue weighted by Gasteiger charge is -2.20. The van der Waals surface area contributed by atoms with Gasteiger partial charge in [-0.15, -0.1) is 11.8 Å². The number of ether oxygens (including phenoxy) is 1. The maximum absolute atomic E-state index is 12.1. The molecule has 1 N–H and O–H groups in total. The predicted octanol–water partition coefficient (Wildman–Crippen LogP) is 4.05. The molecule has 2 aromatic rings. The summed E-state index contributed by atoms with van der Waals surface area (Å²) >= 11 is 1.54. The van der Waals surface area contributed by atoms with Crippen molar-refractivity contribution in [2.75, 3.05) is 36.2 Å². The van der Waals surface area contributed by atoms with Crippen LogP contribution in [0.15, 0.2) is 53.4 Å². The average Bonchev–Trinajstić information content (AvgIpc) is 2.68. The molecule has 0 aliphatic heterocycles. The molecule has 0 saturated heterocycles. The van der Waals surface area contributed by atoms with Gasteiger partial charge in [-0.05, 0) is 56.5 Å². The van der Waals surface area contributed by atoms with Crippen LogP contribution in [0, 0.1) is 0 Å². The number of benzene rings is 2. The second kappa shape index (κ2) is 9.87. The van der Waals surface area contributed by atoms with E-state index >= 15 is 0 Å². The molecule has 5 nitrogen and oxygen atoms in total.